The van der Waals surface area contributed by atoms with Gasteiger partial charge in [0.1, 0.15) is 24.2 Å². The third-order valence-electron chi connectivity index (χ3n) is 4.71. The van der Waals surface area contributed by atoms with Gasteiger partial charge in [0.05, 0.1) is 11.0 Å². The van der Waals surface area contributed by atoms with Crippen molar-refractivity contribution >= 4 is 15.9 Å². The highest BCUT2D eigenvalue weighted by atomic mass is 32.2. The van der Waals surface area contributed by atoms with Crippen LogP contribution in [0.1, 0.15) is 18.4 Å². The van der Waals surface area contributed by atoms with Crippen LogP contribution in [0, 0.1) is 5.82 Å². The van der Waals surface area contributed by atoms with Gasteiger partial charge in [0.2, 0.25) is 10.0 Å². The van der Waals surface area contributed by atoms with Crippen molar-refractivity contribution in [3.8, 4) is 5.75 Å². The highest BCUT2D eigenvalue weighted by molar-refractivity contribution is 7.89. The number of carbonyl (C=O) groups is 1. The summed E-state index contributed by atoms with van der Waals surface area (Å²) in [6.07, 6.45) is -0.584. The summed E-state index contributed by atoms with van der Waals surface area (Å²) in [5.41, 5.74) is 1.84. The molecule has 8 nitrogen and oxygen atoms in total. The summed E-state index contributed by atoms with van der Waals surface area (Å²) >= 11 is 0. The summed E-state index contributed by atoms with van der Waals surface area (Å²) in [5, 5.41) is 18.7. The van der Waals surface area contributed by atoms with Crippen LogP contribution in [0.3, 0.4) is 0 Å². The Balaban J connectivity index is 1.76. The Hall–Kier alpha value is -2.53. The molecule has 3 rings (SSSR count). The number of nitrogens with zero attached hydrogens (tertiary/aromatic N) is 1. The SMILES string of the molecule is O=C(NO)C1CCC(O)CN1S(=O)(=O)c1ccc(OCc2ccccc2F)cc1. The van der Waals surface area contributed by atoms with Gasteiger partial charge in [0.25, 0.3) is 5.91 Å². The molecule has 2 aromatic rings. The molecule has 1 aliphatic heterocycles. The molecule has 3 N–H and O–H groups in total. The summed E-state index contributed by atoms with van der Waals surface area (Å²) in [5.74, 6) is -0.913. The van der Waals surface area contributed by atoms with Crippen LogP contribution < -0.4 is 10.2 Å². The minimum Gasteiger partial charge on any atom is -0.489 e. The molecule has 1 heterocycles. The van der Waals surface area contributed by atoms with E-state index in [2.05, 4.69) is 0 Å². The molecule has 0 aliphatic carbocycles. The number of nitrogens with one attached hydrogen (secondary N) is 1. The minimum atomic E-state index is -4.10. The van der Waals surface area contributed by atoms with Gasteiger partial charge in [-0.2, -0.15) is 4.31 Å². The van der Waals surface area contributed by atoms with Crippen molar-refractivity contribution in [1.29, 1.82) is 0 Å². The molecule has 1 saturated heterocycles. The van der Waals surface area contributed by atoms with Gasteiger partial charge in [-0.25, -0.2) is 18.3 Å². The van der Waals surface area contributed by atoms with Crippen LogP contribution in [-0.2, 0) is 21.4 Å². The monoisotopic (exact) mass is 424 g/mol. The average molecular weight is 424 g/mol. The van der Waals surface area contributed by atoms with Crippen LogP contribution in [0.4, 0.5) is 4.39 Å². The van der Waals surface area contributed by atoms with Crippen molar-refractivity contribution in [2.24, 2.45) is 0 Å². The molecule has 2 atom stereocenters. The summed E-state index contributed by atoms with van der Waals surface area (Å²) < 4.78 is 45.9. The zero-order valence-corrected chi connectivity index (χ0v) is 16.2. The number of halogens is 1. The number of ether oxygens (including phenoxy) is 1. The van der Waals surface area contributed by atoms with E-state index < -0.39 is 33.9 Å². The third kappa shape index (κ3) is 4.73. The topological polar surface area (TPSA) is 116 Å². The Morgan fingerprint density at radius 1 is 1.17 bits per heavy atom. The molecule has 2 aromatic carbocycles. The first-order valence-corrected chi connectivity index (χ1v) is 10.4. The Morgan fingerprint density at radius 3 is 2.52 bits per heavy atom. The number of aliphatic hydroxyl groups excluding tert-OH is 1. The highest BCUT2D eigenvalue weighted by Gasteiger charge is 2.40. The average Bonchev–Trinajstić information content (AvgIpc) is 2.73. The van der Waals surface area contributed by atoms with E-state index in [1.54, 1.807) is 18.2 Å². The van der Waals surface area contributed by atoms with Gasteiger partial charge in [-0.1, -0.05) is 18.2 Å². The molecule has 0 spiro atoms. The zero-order valence-electron chi connectivity index (χ0n) is 15.4. The van der Waals surface area contributed by atoms with E-state index in [4.69, 9.17) is 9.94 Å². The quantitative estimate of drug-likeness (QED) is 0.477. The largest absolute Gasteiger partial charge is 0.489 e. The molecule has 156 valence electrons. The second kappa shape index (κ2) is 8.87. The maximum Gasteiger partial charge on any atom is 0.261 e. The van der Waals surface area contributed by atoms with Crippen LogP contribution in [0.2, 0.25) is 0 Å². The molecular formula is C19H21FN2O6S. The Labute approximate surface area is 167 Å². The van der Waals surface area contributed by atoms with Crippen molar-refractivity contribution in [2.75, 3.05) is 6.54 Å². The van der Waals surface area contributed by atoms with Gasteiger partial charge in [0, 0.05) is 12.1 Å². The van der Waals surface area contributed by atoms with E-state index in [0.717, 1.165) is 4.31 Å². The lowest BCUT2D eigenvalue weighted by molar-refractivity contribution is -0.135. The van der Waals surface area contributed by atoms with Crippen molar-refractivity contribution in [3.05, 3.63) is 59.9 Å². The second-order valence-electron chi connectivity index (χ2n) is 6.65. The summed E-state index contributed by atoms with van der Waals surface area (Å²) in [7, 11) is -4.10. The fourth-order valence-electron chi connectivity index (χ4n) is 3.14. The number of benzene rings is 2. The maximum absolute atomic E-state index is 13.6. The highest BCUT2D eigenvalue weighted by Crippen LogP contribution is 2.27. The van der Waals surface area contributed by atoms with Crippen molar-refractivity contribution in [2.45, 2.75) is 36.5 Å². The van der Waals surface area contributed by atoms with Crippen LogP contribution in [-0.4, -0.2) is 47.6 Å². The lowest BCUT2D eigenvalue weighted by atomic mass is 10.0. The number of hydrogen-bond acceptors (Lipinski definition) is 6. The number of sulfonamides is 1. The maximum atomic E-state index is 13.6. The Bertz CT molecular complexity index is 967. The van der Waals surface area contributed by atoms with Crippen LogP contribution in [0.5, 0.6) is 5.75 Å². The summed E-state index contributed by atoms with van der Waals surface area (Å²) in [6, 6.07) is 10.5. The number of rotatable bonds is 6. The molecule has 0 saturated carbocycles. The molecule has 0 aromatic heterocycles. The van der Waals surface area contributed by atoms with E-state index in [9.17, 15) is 22.7 Å². The molecule has 1 fully saturated rings. The molecular weight excluding hydrogens is 403 g/mol. The summed E-state index contributed by atoms with van der Waals surface area (Å²) in [6.45, 7) is -0.276. The smallest absolute Gasteiger partial charge is 0.261 e. The van der Waals surface area contributed by atoms with E-state index in [0.29, 0.717) is 11.3 Å². The molecule has 0 bridgehead atoms. The van der Waals surface area contributed by atoms with E-state index in [1.807, 2.05) is 0 Å². The first-order valence-electron chi connectivity index (χ1n) is 8.93. The molecule has 10 heteroatoms. The molecule has 29 heavy (non-hydrogen) atoms. The Kier molecular flexibility index (Phi) is 6.48. The normalized spacial score (nSPS) is 20.2. The van der Waals surface area contributed by atoms with Crippen molar-refractivity contribution in [3.63, 3.8) is 0 Å². The molecule has 1 amide bonds. The third-order valence-corrected chi connectivity index (χ3v) is 6.60. The van der Waals surface area contributed by atoms with Crippen LogP contribution >= 0.6 is 0 Å². The fraction of sp³-hybridized carbons (Fsp3) is 0.316. The number of hydroxylamine groups is 1. The predicted molar refractivity (Wildman–Crippen MR) is 100 cm³/mol. The number of piperidine rings is 1. The molecule has 1 aliphatic rings. The number of β-amino-alcohol motifs (C(OH)–C–C–N with tert-alkyl or cyclic N) is 1. The van der Waals surface area contributed by atoms with Gasteiger partial charge in [0.15, 0.2) is 0 Å². The van der Waals surface area contributed by atoms with Gasteiger partial charge < -0.3 is 9.84 Å². The van der Waals surface area contributed by atoms with Crippen LogP contribution in [0.15, 0.2) is 53.4 Å². The second-order valence-corrected chi connectivity index (χ2v) is 8.54. The van der Waals surface area contributed by atoms with Crippen molar-refractivity contribution in [1.82, 2.24) is 9.79 Å². The van der Waals surface area contributed by atoms with E-state index in [-0.39, 0.29) is 30.9 Å². The summed E-state index contributed by atoms with van der Waals surface area (Å²) in [4.78, 5) is 11.8. The molecule has 0 radical (unpaired) electrons. The fourth-order valence-corrected chi connectivity index (χ4v) is 4.80. The molecule has 2 unspecified atom stereocenters. The van der Waals surface area contributed by atoms with Gasteiger partial charge in [-0.15, -0.1) is 0 Å². The van der Waals surface area contributed by atoms with Gasteiger partial charge >= 0.3 is 0 Å². The number of hydrogen-bond donors (Lipinski definition) is 3. The first-order chi connectivity index (χ1) is 13.8. The van der Waals surface area contributed by atoms with Crippen LogP contribution in [0.25, 0.3) is 0 Å². The number of carbonyl (C=O) groups excluding carboxylic acids is 1. The first kappa shape index (κ1) is 21.2. The standard InChI is InChI=1S/C19H21FN2O6S/c20-17-4-2-1-3-13(17)12-28-15-6-8-16(9-7-15)29(26,27)22-11-14(23)5-10-18(22)19(24)21-25/h1-4,6-9,14,18,23,25H,5,10-12H2,(H,21,24). The van der Waals surface area contributed by atoms with Gasteiger partial charge in [-0.3, -0.25) is 10.0 Å². The zero-order chi connectivity index (χ0) is 21.0. The predicted octanol–water partition coefficient (Wildman–Crippen LogP) is 1.42. The van der Waals surface area contributed by atoms with E-state index in [1.165, 1.54) is 35.8 Å². The van der Waals surface area contributed by atoms with Crippen molar-refractivity contribution < 1.29 is 32.7 Å². The Morgan fingerprint density at radius 2 is 1.86 bits per heavy atom. The lowest BCUT2D eigenvalue weighted by Crippen LogP contribution is -2.54. The lowest BCUT2D eigenvalue weighted by Gasteiger charge is -2.35. The van der Waals surface area contributed by atoms with E-state index >= 15 is 0 Å². The number of amides is 1. The number of aliphatic hydroxyl groups is 1. The van der Waals surface area contributed by atoms with Gasteiger partial charge in [-0.05, 0) is 43.2 Å². The minimum absolute atomic E-state index is 0.0180.